The lowest BCUT2D eigenvalue weighted by molar-refractivity contribution is -0.149. The van der Waals surface area contributed by atoms with Gasteiger partial charge in [0.2, 0.25) is 0 Å². The first-order valence-corrected chi connectivity index (χ1v) is 11.9. The summed E-state index contributed by atoms with van der Waals surface area (Å²) in [5.74, 6) is 3.63. The fraction of sp³-hybridized carbons (Fsp3) is 0.276. The Balaban J connectivity index is 1.89. The first kappa shape index (κ1) is 22.8. The van der Waals surface area contributed by atoms with E-state index in [9.17, 15) is 4.79 Å². The second kappa shape index (κ2) is 8.68. The maximum Gasteiger partial charge on any atom is 0.279 e. The molecular formula is C29H29N3O3. The summed E-state index contributed by atoms with van der Waals surface area (Å²) in [6.45, 7) is 9.75. The molecule has 0 unspecified atom stereocenters. The van der Waals surface area contributed by atoms with Gasteiger partial charge < -0.3 is 15.4 Å². The minimum Gasteiger partial charge on any atom is -0.456 e. The fourth-order valence-corrected chi connectivity index (χ4v) is 5.26. The molecule has 3 aromatic carbocycles. The lowest BCUT2D eigenvalue weighted by Crippen LogP contribution is -2.47. The summed E-state index contributed by atoms with van der Waals surface area (Å²) < 4.78 is 6.54. The van der Waals surface area contributed by atoms with Crippen LogP contribution >= 0.6 is 0 Å². The average molecular weight is 468 g/mol. The number of carbonyl (C=O) groups excluding carboxylic acids is 1. The highest BCUT2D eigenvalue weighted by molar-refractivity contribution is 6.01. The largest absolute Gasteiger partial charge is 0.456 e. The number of terminal acetylenes is 1. The number of benzene rings is 3. The molecule has 5 rings (SSSR count). The van der Waals surface area contributed by atoms with E-state index in [1.54, 1.807) is 0 Å². The van der Waals surface area contributed by atoms with Crippen LogP contribution in [0.4, 0.5) is 11.4 Å². The van der Waals surface area contributed by atoms with Crippen molar-refractivity contribution in [2.24, 2.45) is 0 Å². The van der Waals surface area contributed by atoms with Gasteiger partial charge >= 0.3 is 0 Å². The third-order valence-corrected chi connectivity index (χ3v) is 6.70. The minimum atomic E-state index is -1.04. The van der Waals surface area contributed by atoms with E-state index in [4.69, 9.17) is 16.0 Å². The zero-order chi connectivity index (χ0) is 24.7. The van der Waals surface area contributed by atoms with Crippen molar-refractivity contribution >= 4 is 17.3 Å². The van der Waals surface area contributed by atoms with Crippen LogP contribution in [0.3, 0.4) is 0 Å². The smallest absolute Gasteiger partial charge is 0.279 e. The molecule has 2 N–H and O–H groups in total. The first-order chi connectivity index (χ1) is 17.0. The molecule has 2 aliphatic heterocycles. The van der Waals surface area contributed by atoms with E-state index in [1.165, 1.54) is 5.06 Å². The number of nitrogens with one attached hydrogen (secondary N) is 2. The van der Waals surface area contributed by atoms with Gasteiger partial charge in [-0.3, -0.25) is 9.63 Å². The Kier molecular flexibility index (Phi) is 5.66. The van der Waals surface area contributed by atoms with Crippen LogP contribution in [0.2, 0.25) is 0 Å². The second-order valence-corrected chi connectivity index (χ2v) is 8.82. The van der Waals surface area contributed by atoms with Crippen LogP contribution in [-0.4, -0.2) is 30.7 Å². The molecule has 35 heavy (non-hydrogen) atoms. The number of amides is 1. The number of hydroxylamine groups is 2. The number of carbonyl (C=O) groups is 1. The minimum absolute atomic E-state index is 0.0318. The van der Waals surface area contributed by atoms with Crippen molar-refractivity contribution in [1.29, 1.82) is 0 Å². The van der Waals surface area contributed by atoms with Gasteiger partial charge in [-0.15, -0.1) is 6.42 Å². The van der Waals surface area contributed by atoms with Gasteiger partial charge in [0.1, 0.15) is 18.1 Å². The highest BCUT2D eigenvalue weighted by Gasteiger charge is 2.58. The molecule has 3 aromatic rings. The van der Waals surface area contributed by atoms with Gasteiger partial charge in [-0.25, -0.2) is 0 Å². The number of aryl methyl sites for hydroxylation is 2. The van der Waals surface area contributed by atoms with Gasteiger partial charge in [0.05, 0.1) is 0 Å². The number of ether oxygens (including phenoxy) is 1. The van der Waals surface area contributed by atoms with Crippen molar-refractivity contribution in [2.75, 3.05) is 30.3 Å². The van der Waals surface area contributed by atoms with E-state index in [1.807, 2.05) is 36.4 Å². The predicted octanol–water partition coefficient (Wildman–Crippen LogP) is 5.59. The van der Waals surface area contributed by atoms with Crippen LogP contribution < -0.4 is 15.4 Å². The first-order valence-electron chi connectivity index (χ1n) is 11.9. The van der Waals surface area contributed by atoms with Crippen molar-refractivity contribution in [2.45, 2.75) is 33.2 Å². The molecule has 0 aliphatic carbocycles. The predicted molar refractivity (Wildman–Crippen MR) is 138 cm³/mol. The summed E-state index contributed by atoms with van der Waals surface area (Å²) in [7, 11) is 0. The normalized spacial score (nSPS) is 14.6. The Morgan fingerprint density at radius 3 is 2.06 bits per heavy atom. The molecule has 0 saturated carbocycles. The number of rotatable bonds is 6. The maximum atomic E-state index is 13.8. The van der Waals surface area contributed by atoms with Gasteiger partial charge in [-0.1, -0.05) is 24.1 Å². The summed E-state index contributed by atoms with van der Waals surface area (Å²) in [4.78, 5) is 19.8. The SMILES string of the molecule is C#CCON1C(=O)c2ccccc2C12c1cc(C)c(NCC)cc1Oc1cc(NCC)c(C)cc12. The Morgan fingerprint density at radius 1 is 0.943 bits per heavy atom. The van der Waals surface area contributed by atoms with E-state index >= 15 is 0 Å². The zero-order valence-corrected chi connectivity index (χ0v) is 20.5. The van der Waals surface area contributed by atoms with E-state index in [0.717, 1.165) is 52.3 Å². The standard InChI is InChI=1S/C29H29N3O3/c1-6-13-34-32-28(33)20-11-9-10-12-21(20)29(32)22-14-18(4)24(30-7-2)16-26(22)35-27-17-25(31-8-3)19(5)15-23(27)29/h1,9-12,14-17,30-31H,7-8,13H2,2-5H3. The molecule has 0 fully saturated rings. The van der Waals surface area contributed by atoms with Crippen LogP contribution in [-0.2, 0) is 10.4 Å². The topological polar surface area (TPSA) is 62.8 Å². The van der Waals surface area contributed by atoms with Gasteiger partial charge in [-0.2, -0.15) is 5.06 Å². The monoisotopic (exact) mass is 467 g/mol. The molecule has 0 saturated heterocycles. The third-order valence-electron chi connectivity index (χ3n) is 6.70. The summed E-state index contributed by atoms with van der Waals surface area (Å²) in [6, 6.07) is 15.9. The Bertz CT molecular complexity index is 1310. The molecule has 2 heterocycles. The molecule has 6 heteroatoms. The summed E-state index contributed by atoms with van der Waals surface area (Å²) >= 11 is 0. The number of hydrogen-bond acceptors (Lipinski definition) is 5. The molecule has 178 valence electrons. The summed E-state index contributed by atoms with van der Waals surface area (Å²) in [5.41, 5.74) is 6.14. The molecule has 2 aliphatic rings. The van der Waals surface area contributed by atoms with Crippen LogP contribution in [0.15, 0.2) is 48.5 Å². The van der Waals surface area contributed by atoms with Gasteiger partial charge in [-0.05, 0) is 57.0 Å². The van der Waals surface area contributed by atoms with E-state index in [2.05, 4.69) is 56.4 Å². The quantitative estimate of drug-likeness (QED) is 0.463. The van der Waals surface area contributed by atoms with Crippen LogP contribution in [0, 0.1) is 26.2 Å². The van der Waals surface area contributed by atoms with Gasteiger partial charge in [0.15, 0.2) is 5.54 Å². The average Bonchev–Trinajstić information content (AvgIpc) is 3.09. The van der Waals surface area contributed by atoms with E-state index in [0.29, 0.717) is 17.1 Å². The molecule has 6 nitrogen and oxygen atoms in total. The van der Waals surface area contributed by atoms with Gasteiger partial charge in [0, 0.05) is 58.9 Å². The van der Waals surface area contributed by atoms with E-state index in [-0.39, 0.29) is 12.5 Å². The van der Waals surface area contributed by atoms with Crippen LogP contribution in [0.5, 0.6) is 11.5 Å². The fourth-order valence-electron chi connectivity index (χ4n) is 5.26. The number of nitrogens with zero attached hydrogens (tertiary/aromatic N) is 1. The molecule has 0 aromatic heterocycles. The van der Waals surface area contributed by atoms with Crippen molar-refractivity contribution in [3.8, 4) is 23.8 Å². The molecular weight excluding hydrogens is 438 g/mol. The molecule has 0 atom stereocenters. The van der Waals surface area contributed by atoms with Crippen molar-refractivity contribution < 1.29 is 14.4 Å². The lowest BCUT2D eigenvalue weighted by atomic mass is 9.74. The molecule has 0 bridgehead atoms. The molecule has 0 radical (unpaired) electrons. The highest BCUT2D eigenvalue weighted by Crippen LogP contribution is 2.58. The second-order valence-electron chi connectivity index (χ2n) is 8.82. The maximum absolute atomic E-state index is 13.8. The zero-order valence-electron chi connectivity index (χ0n) is 20.5. The molecule has 1 spiro atoms. The summed E-state index contributed by atoms with van der Waals surface area (Å²) in [6.07, 6.45) is 5.56. The van der Waals surface area contributed by atoms with Crippen LogP contribution in [0.1, 0.15) is 52.0 Å². The third kappa shape index (κ3) is 3.27. The van der Waals surface area contributed by atoms with Crippen molar-refractivity contribution in [3.05, 3.63) is 81.9 Å². The number of fused-ring (bicyclic) bond motifs is 6. The summed E-state index contributed by atoms with van der Waals surface area (Å²) in [5, 5.41) is 8.28. The van der Waals surface area contributed by atoms with Crippen LogP contribution in [0.25, 0.3) is 0 Å². The number of anilines is 2. The highest BCUT2D eigenvalue weighted by atomic mass is 16.7. The van der Waals surface area contributed by atoms with Crippen molar-refractivity contribution in [3.63, 3.8) is 0 Å². The molecule has 1 amide bonds. The van der Waals surface area contributed by atoms with Gasteiger partial charge in [0.25, 0.3) is 5.91 Å². The number of hydrogen-bond donors (Lipinski definition) is 2. The Morgan fingerprint density at radius 2 is 1.51 bits per heavy atom. The van der Waals surface area contributed by atoms with Crippen molar-refractivity contribution in [1.82, 2.24) is 5.06 Å². The van der Waals surface area contributed by atoms with E-state index < -0.39 is 5.54 Å². The lowest BCUT2D eigenvalue weighted by Gasteiger charge is -2.43. The Hall–Kier alpha value is -3.95. The Labute approximate surface area is 206 Å².